The minimum absolute atomic E-state index is 1.10. The van der Waals surface area contributed by atoms with Crippen molar-refractivity contribution in [2.24, 2.45) is 0 Å². The van der Waals surface area contributed by atoms with Gasteiger partial charge in [0, 0.05) is 16.9 Å². The summed E-state index contributed by atoms with van der Waals surface area (Å²) in [5.41, 5.74) is 0. The van der Waals surface area contributed by atoms with Gasteiger partial charge in [-0.05, 0) is 0 Å². The lowest BCUT2D eigenvalue weighted by molar-refractivity contribution is -0.870. The van der Waals surface area contributed by atoms with Gasteiger partial charge >= 0.3 is 6.16 Å². The highest BCUT2D eigenvalue weighted by atomic mass is 16.8. The molecule has 1 rings (SSSR count). The Morgan fingerprint density at radius 3 is 2.40 bits per heavy atom. The van der Waals surface area contributed by atoms with E-state index in [1.807, 2.05) is 0 Å². The summed E-state index contributed by atoms with van der Waals surface area (Å²) in [6, 6.07) is 5.10. The number of carbonyl (C=O) groups is 1. The molecule has 0 spiro atoms. The Morgan fingerprint density at radius 2 is 1.90 bits per heavy atom. The van der Waals surface area contributed by atoms with Gasteiger partial charge in [0.05, 0.1) is 0 Å². The van der Waals surface area contributed by atoms with E-state index in [1.54, 1.807) is 18.2 Å². The topological polar surface area (TPSA) is 50.4 Å². The van der Waals surface area contributed by atoms with Crippen molar-refractivity contribution in [1.82, 2.24) is 0 Å². The Balaban J connectivity index is 2.67. The number of carboxylic acid groups (broad SMARTS) is 1. The van der Waals surface area contributed by atoms with Crippen LogP contribution in [-0.4, -0.2) is 11.3 Å². The first kappa shape index (κ1) is 6.54. The number of rotatable bonds is 1. The summed E-state index contributed by atoms with van der Waals surface area (Å²) in [4.78, 5) is 14.2. The van der Waals surface area contributed by atoms with Crippen LogP contribution in [0, 0.1) is 0 Å². The lowest BCUT2D eigenvalue weighted by atomic mass is 10.5. The Morgan fingerprint density at radius 1 is 1.30 bits per heavy atom. The molecule has 0 unspecified atom stereocenters. The summed E-state index contributed by atoms with van der Waals surface area (Å²) in [5.74, 6) is 0. The maximum absolute atomic E-state index is 9.93. The van der Waals surface area contributed by atoms with E-state index >= 15 is 0 Å². The smallest absolute Gasteiger partial charge is 0.446 e. The molecule has 0 atom stereocenters. The number of pyridine rings is 1. The zero-order valence-corrected chi connectivity index (χ0v) is 5.10. The molecule has 0 bridgehead atoms. The monoisotopic (exact) mass is 140 g/mol. The van der Waals surface area contributed by atoms with Crippen LogP contribution in [0.1, 0.15) is 0 Å². The molecule has 1 heterocycles. The number of hydrogen-bond acceptors (Lipinski definition) is 2. The fraction of sp³-hybridized carbons (Fsp3) is 0. The molecule has 1 aromatic heterocycles. The van der Waals surface area contributed by atoms with E-state index in [0.29, 0.717) is 0 Å². The lowest BCUT2D eigenvalue weighted by Crippen LogP contribution is -2.44. The fourth-order valence-electron chi connectivity index (χ4n) is 0.534. The van der Waals surface area contributed by atoms with Crippen molar-refractivity contribution in [1.29, 1.82) is 0 Å². The average Bonchev–Trinajstić information content (AvgIpc) is 1.88. The van der Waals surface area contributed by atoms with Gasteiger partial charge in [0.15, 0.2) is 0 Å². The van der Waals surface area contributed by atoms with Crippen LogP contribution in [0.25, 0.3) is 0 Å². The molecular weight excluding hydrogens is 134 g/mol. The van der Waals surface area contributed by atoms with Crippen molar-refractivity contribution in [2.45, 2.75) is 0 Å². The van der Waals surface area contributed by atoms with E-state index in [9.17, 15) is 4.79 Å². The van der Waals surface area contributed by atoms with Gasteiger partial charge in [0.25, 0.3) is 0 Å². The van der Waals surface area contributed by atoms with E-state index in [1.165, 1.54) is 12.4 Å². The molecule has 0 aliphatic rings. The van der Waals surface area contributed by atoms with Crippen molar-refractivity contribution >= 4 is 6.16 Å². The molecule has 1 aromatic rings. The van der Waals surface area contributed by atoms with Crippen LogP contribution in [0.15, 0.2) is 30.6 Å². The Hall–Kier alpha value is -1.58. The fourth-order valence-corrected chi connectivity index (χ4v) is 0.534. The Kier molecular flexibility index (Phi) is 1.84. The first-order valence-electron chi connectivity index (χ1n) is 2.66. The molecule has 10 heavy (non-hydrogen) atoms. The van der Waals surface area contributed by atoms with Crippen molar-refractivity contribution in [3.05, 3.63) is 30.6 Å². The second-order valence-electron chi connectivity index (χ2n) is 1.59. The van der Waals surface area contributed by atoms with Crippen molar-refractivity contribution < 1.29 is 19.5 Å². The van der Waals surface area contributed by atoms with Gasteiger partial charge in [-0.1, -0.05) is 6.07 Å². The third-order valence-electron chi connectivity index (χ3n) is 0.872. The van der Waals surface area contributed by atoms with Crippen LogP contribution in [-0.2, 0) is 0 Å². The molecule has 1 N–H and O–H groups in total. The van der Waals surface area contributed by atoms with E-state index in [-0.39, 0.29) is 0 Å². The molecule has 4 nitrogen and oxygen atoms in total. The highest BCUT2D eigenvalue weighted by Crippen LogP contribution is 1.74. The predicted octanol–water partition coefficient (Wildman–Crippen LogP) is 0.0807. The molecule has 0 aliphatic heterocycles. The minimum Gasteiger partial charge on any atom is -0.446 e. The molecule has 0 aliphatic carbocycles. The molecule has 0 saturated carbocycles. The molecule has 0 radical (unpaired) electrons. The third kappa shape index (κ3) is 1.74. The Bertz CT molecular complexity index is 222. The summed E-state index contributed by atoms with van der Waals surface area (Å²) in [7, 11) is 0. The predicted molar refractivity (Wildman–Crippen MR) is 31.2 cm³/mol. The summed E-state index contributed by atoms with van der Waals surface area (Å²) >= 11 is 0. The second-order valence-corrected chi connectivity index (χ2v) is 1.59. The normalized spacial score (nSPS) is 8.80. The van der Waals surface area contributed by atoms with Crippen LogP contribution in [0.3, 0.4) is 0 Å². The van der Waals surface area contributed by atoms with Gasteiger partial charge in [-0.25, -0.2) is 0 Å². The summed E-state index contributed by atoms with van der Waals surface area (Å²) in [6.45, 7) is 0. The summed E-state index contributed by atoms with van der Waals surface area (Å²) < 4.78 is 1.10. The maximum Gasteiger partial charge on any atom is 0.569 e. The van der Waals surface area contributed by atoms with Gasteiger partial charge in [0.2, 0.25) is 12.4 Å². The van der Waals surface area contributed by atoms with Gasteiger partial charge < -0.3 is 5.11 Å². The van der Waals surface area contributed by atoms with Gasteiger partial charge in [-0.3, -0.25) is 0 Å². The molecular formula is C6H6NO3+. The Labute approximate surface area is 57.2 Å². The largest absolute Gasteiger partial charge is 0.569 e. The number of nitrogens with zero attached hydrogens (tertiary/aromatic N) is 1. The van der Waals surface area contributed by atoms with Crippen LogP contribution in [0.4, 0.5) is 4.79 Å². The molecule has 0 amide bonds. The van der Waals surface area contributed by atoms with Crippen molar-refractivity contribution in [2.75, 3.05) is 0 Å². The van der Waals surface area contributed by atoms with Crippen molar-refractivity contribution in [3.8, 4) is 0 Å². The van der Waals surface area contributed by atoms with E-state index in [4.69, 9.17) is 5.11 Å². The van der Waals surface area contributed by atoms with Crippen molar-refractivity contribution in [3.63, 3.8) is 0 Å². The lowest BCUT2D eigenvalue weighted by Gasteiger charge is -1.86. The summed E-state index contributed by atoms with van der Waals surface area (Å²) in [6.07, 6.45) is 1.67. The van der Waals surface area contributed by atoms with E-state index < -0.39 is 6.16 Å². The van der Waals surface area contributed by atoms with Crippen LogP contribution in [0.2, 0.25) is 0 Å². The standard InChI is InChI=1S/C6H5NO3/c8-6(9)10-7-4-2-1-3-5-7/h1-5H/p+1. The highest BCUT2D eigenvalue weighted by molar-refractivity contribution is 5.56. The molecule has 0 aromatic carbocycles. The average molecular weight is 140 g/mol. The first-order chi connectivity index (χ1) is 4.79. The van der Waals surface area contributed by atoms with Crippen LogP contribution < -0.4 is 9.57 Å². The second kappa shape index (κ2) is 2.82. The SMILES string of the molecule is O=C(O)O[n+]1ccccc1. The highest BCUT2D eigenvalue weighted by Gasteiger charge is 2.04. The first-order valence-corrected chi connectivity index (χ1v) is 2.66. The maximum atomic E-state index is 9.93. The minimum atomic E-state index is -1.32. The quantitative estimate of drug-likeness (QED) is 0.562. The molecule has 0 fully saturated rings. The molecule has 0 saturated heterocycles. The zero-order chi connectivity index (χ0) is 7.40. The zero-order valence-electron chi connectivity index (χ0n) is 5.10. The molecule has 4 heteroatoms. The van der Waals surface area contributed by atoms with Gasteiger partial charge in [0.1, 0.15) is 0 Å². The van der Waals surface area contributed by atoms with Crippen LogP contribution in [0.5, 0.6) is 0 Å². The van der Waals surface area contributed by atoms with E-state index in [0.717, 1.165) is 4.73 Å². The third-order valence-corrected chi connectivity index (χ3v) is 0.872. The van der Waals surface area contributed by atoms with Crippen LogP contribution >= 0.6 is 0 Å². The summed E-state index contributed by atoms with van der Waals surface area (Å²) in [5, 5.41) is 8.12. The van der Waals surface area contributed by atoms with E-state index in [2.05, 4.69) is 4.84 Å². The molecule has 52 valence electrons. The van der Waals surface area contributed by atoms with Gasteiger partial charge in [-0.2, -0.15) is 4.79 Å². The van der Waals surface area contributed by atoms with Gasteiger partial charge in [-0.15, -0.1) is 4.84 Å². The number of hydrogen-bond donors (Lipinski definition) is 1. The number of aromatic nitrogens is 1.